The van der Waals surface area contributed by atoms with Crippen LogP contribution in [0.25, 0.3) is 0 Å². The number of para-hydroxylation sites is 1. The number of benzene rings is 2. The average Bonchev–Trinajstić information content (AvgIpc) is 3.02. The van der Waals surface area contributed by atoms with Crippen LogP contribution >= 0.6 is 23.4 Å². The zero-order chi connectivity index (χ0) is 16.1. The van der Waals surface area contributed by atoms with Crippen molar-refractivity contribution in [3.63, 3.8) is 0 Å². The SMILES string of the molecule is O=C(Sc1nnc(COc2ccccc2)o1)c1ccc(Cl)cc1. The Kier molecular flexibility index (Phi) is 4.95. The normalized spacial score (nSPS) is 10.5. The number of thioether (sulfide) groups is 1. The van der Waals surface area contributed by atoms with Crippen LogP contribution in [0, 0.1) is 0 Å². The fourth-order valence-electron chi connectivity index (χ4n) is 1.72. The molecule has 1 aromatic heterocycles. The van der Waals surface area contributed by atoms with Crippen molar-refractivity contribution in [2.45, 2.75) is 11.8 Å². The average molecular weight is 347 g/mol. The summed E-state index contributed by atoms with van der Waals surface area (Å²) in [7, 11) is 0. The molecule has 7 heteroatoms. The molecule has 2 aromatic carbocycles. The maximum Gasteiger partial charge on any atom is 0.284 e. The van der Waals surface area contributed by atoms with E-state index in [0.29, 0.717) is 22.2 Å². The Balaban J connectivity index is 1.58. The molecule has 5 nitrogen and oxygen atoms in total. The van der Waals surface area contributed by atoms with Crippen molar-refractivity contribution >= 4 is 28.5 Å². The second-order valence-electron chi connectivity index (χ2n) is 4.46. The Morgan fingerprint density at radius 1 is 1.09 bits per heavy atom. The van der Waals surface area contributed by atoms with Crippen molar-refractivity contribution in [2.75, 3.05) is 0 Å². The third-order valence-corrected chi connectivity index (χ3v) is 3.83. The van der Waals surface area contributed by atoms with Crippen LogP contribution in [-0.2, 0) is 6.61 Å². The van der Waals surface area contributed by atoms with Gasteiger partial charge in [0.05, 0.1) is 0 Å². The van der Waals surface area contributed by atoms with E-state index in [-0.39, 0.29) is 16.9 Å². The molecule has 0 atom stereocenters. The molecule has 0 spiro atoms. The molecule has 0 aliphatic carbocycles. The summed E-state index contributed by atoms with van der Waals surface area (Å²) in [5.41, 5.74) is 0.514. The molecule has 0 unspecified atom stereocenters. The van der Waals surface area contributed by atoms with Crippen molar-refractivity contribution in [1.82, 2.24) is 10.2 Å². The molecule has 0 fully saturated rings. The largest absolute Gasteiger partial charge is 0.484 e. The second-order valence-corrected chi connectivity index (χ2v) is 5.82. The molecule has 0 aliphatic heterocycles. The number of halogens is 1. The van der Waals surface area contributed by atoms with Gasteiger partial charge in [0.25, 0.3) is 11.1 Å². The number of carbonyl (C=O) groups is 1. The van der Waals surface area contributed by atoms with Crippen molar-refractivity contribution in [3.05, 3.63) is 71.1 Å². The number of ether oxygens (including phenoxy) is 1. The smallest absolute Gasteiger partial charge is 0.284 e. The molecule has 116 valence electrons. The Bertz CT molecular complexity index is 791. The first kappa shape index (κ1) is 15.6. The van der Waals surface area contributed by atoms with Gasteiger partial charge in [-0.15, -0.1) is 10.2 Å². The molecule has 0 aliphatic rings. The lowest BCUT2D eigenvalue weighted by atomic mass is 10.2. The van der Waals surface area contributed by atoms with Gasteiger partial charge in [-0.2, -0.15) is 0 Å². The number of nitrogens with zero attached hydrogens (tertiary/aromatic N) is 2. The van der Waals surface area contributed by atoms with Gasteiger partial charge in [0, 0.05) is 22.3 Å². The van der Waals surface area contributed by atoms with Gasteiger partial charge >= 0.3 is 0 Å². The van der Waals surface area contributed by atoms with E-state index in [1.165, 1.54) is 0 Å². The van der Waals surface area contributed by atoms with Gasteiger partial charge in [0.15, 0.2) is 6.61 Å². The third kappa shape index (κ3) is 4.34. The summed E-state index contributed by atoms with van der Waals surface area (Å²) in [5, 5.41) is 8.24. The van der Waals surface area contributed by atoms with E-state index < -0.39 is 0 Å². The highest BCUT2D eigenvalue weighted by Gasteiger charge is 2.14. The fourth-order valence-corrected chi connectivity index (χ4v) is 2.48. The lowest BCUT2D eigenvalue weighted by Gasteiger charge is -2.01. The first-order valence-electron chi connectivity index (χ1n) is 6.69. The zero-order valence-electron chi connectivity index (χ0n) is 11.8. The molecule has 0 bridgehead atoms. The standard InChI is InChI=1S/C16H11ClN2O3S/c17-12-8-6-11(7-9-12)15(20)23-16-19-18-14(22-16)10-21-13-4-2-1-3-5-13/h1-9H,10H2. The van der Waals surface area contributed by atoms with Crippen LogP contribution in [0.4, 0.5) is 0 Å². The number of aromatic nitrogens is 2. The second kappa shape index (κ2) is 7.30. The van der Waals surface area contributed by atoms with Crippen LogP contribution in [0.15, 0.2) is 64.2 Å². The Labute approximate surface area is 141 Å². The molecule has 3 aromatic rings. The summed E-state index contributed by atoms with van der Waals surface area (Å²) in [6, 6.07) is 15.9. The lowest BCUT2D eigenvalue weighted by Crippen LogP contribution is -1.95. The van der Waals surface area contributed by atoms with E-state index in [9.17, 15) is 4.79 Å². The molecular weight excluding hydrogens is 336 g/mol. The highest BCUT2D eigenvalue weighted by molar-refractivity contribution is 8.14. The first-order chi connectivity index (χ1) is 11.2. The van der Waals surface area contributed by atoms with Crippen molar-refractivity contribution < 1.29 is 13.9 Å². The Hall–Kier alpha value is -2.31. The summed E-state index contributed by atoms with van der Waals surface area (Å²) in [6.07, 6.45) is 0. The number of carbonyl (C=O) groups excluding carboxylic acids is 1. The van der Waals surface area contributed by atoms with Gasteiger partial charge in [0.2, 0.25) is 5.12 Å². The minimum Gasteiger partial charge on any atom is -0.484 e. The van der Waals surface area contributed by atoms with Crippen molar-refractivity contribution in [2.24, 2.45) is 0 Å². The van der Waals surface area contributed by atoms with Crippen LogP contribution in [0.2, 0.25) is 5.02 Å². The quantitative estimate of drug-likeness (QED) is 0.644. The van der Waals surface area contributed by atoms with Crippen molar-refractivity contribution in [3.8, 4) is 5.75 Å². The minimum atomic E-state index is -0.194. The third-order valence-electron chi connectivity index (χ3n) is 2.81. The topological polar surface area (TPSA) is 65.2 Å². The summed E-state index contributed by atoms with van der Waals surface area (Å²) >= 11 is 6.66. The van der Waals surface area contributed by atoms with Gasteiger partial charge in [0.1, 0.15) is 5.75 Å². The maximum absolute atomic E-state index is 12.1. The first-order valence-corrected chi connectivity index (χ1v) is 7.88. The Morgan fingerprint density at radius 3 is 2.57 bits per heavy atom. The van der Waals surface area contributed by atoms with Gasteiger partial charge in [-0.3, -0.25) is 4.79 Å². The molecule has 0 saturated carbocycles. The van der Waals surface area contributed by atoms with Gasteiger partial charge < -0.3 is 9.15 Å². The van der Waals surface area contributed by atoms with E-state index in [1.54, 1.807) is 24.3 Å². The van der Waals surface area contributed by atoms with Crippen LogP contribution in [0.5, 0.6) is 5.75 Å². The predicted octanol–water partition coefficient (Wildman–Crippen LogP) is 4.23. The summed E-state index contributed by atoms with van der Waals surface area (Å²) < 4.78 is 10.9. The molecule has 3 rings (SSSR count). The van der Waals surface area contributed by atoms with E-state index >= 15 is 0 Å². The fraction of sp³-hybridized carbons (Fsp3) is 0.0625. The molecule has 0 saturated heterocycles. The van der Waals surface area contributed by atoms with E-state index in [2.05, 4.69) is 10.2 Å². The molecule has 23 heavy (non-hydrogen) atoms. The number of rotatable bonds is 5. The molecule has 0 radical (unpaired) electrons. The van der Waals surface area contributed by atoms with E-state index in [1.807, 2.05) is 30.3 Å². The molecule has 0 N–H and O–H groups in total. The monoisotopic (exact) mass is 346 g/mol. The number of hydrogen-bond acceptors (Lipinski definition) is 6. The maximum atomic E-state index is 12.1. The van der Waals surface area contributed by atoms with Crippen LogP contribution in [0.1, 0.15) is 16.2 Å². The highest BCUT2D eigenvalue weighted by Crippen LogP contribution is 2.23. The zero-order valence-corrected chi connectivity index (χ0v) is 13.4. The van der Waals surface area contributed by atoms with Gasteiger partial charge in [-0.05, 0) is 36.4 Å². The summed E-state index contributed by atoms with van der Waals surface area (Å²) in [5.74, 6) is 1.01. The van der Waals surface area contributed by atoms with Crippen LogP contribution in [0.3, 0.4) is 0 Å². The Morgan fingerprint density at radius 2 is 1.83 bits per heavy atom. The summed E-state index contributed by atoms with van der Waals surface area (Å²) in [6.45, 7) is 0.146. The van der Waals surface area contributed by atoms with Gasteiger partial charge in [-0.1, -0.05) is 29.8 Å². The van der Waals surface area contributed by atoms with Crippen LogP contribution < -0.4 is 4.74 Å². The molecular formula is C16H11ClN2O3S. The van der Waals surface area contributed by atoms with E-state index in [4.69, 9.17) is 20.8 Å². The van der Waals surface area contributed by atoms with Gasteiger partial charge in [-0.25, -0.2) is 0 Å². The number of hydrogen-bond donors (Lipinski definition) is 0. The van der Waals surface area contributed by atoms with E-state index in [0.717, 1.165) is 11.8 Å². The highest BCUT2D eigenvalue weighted by atomic mass is 35.5. The predicted molar refractivity (Wildman–Crippen MR) is 86.7 cm³/mol. The lowest BCUT2D eigenvalue weighted by molar-refractivity contribution is 0.108. The van der Waals surface area contributed by atoms with Crippen molar-refractivity contribution in [1.29, 1.82) is 0 Å². The van der Waals surface area contributed by atoms with Crippen LogP contribution in [-0.4, -0.2) is 15.3 Å². The minimum absolute atomic E-state index is 0.146. The molecule has 1 heterocycles. The summed E-state index contributed by atoms with van der Waals surface area (Å²) in [4.78, 5) is 12.1. The molecule has 0 amide bonds.